The molecule has 200 valence electrons. The van der Waals surface area contributed by atoms with Crippen LogP contribution < -0.4 is 25.8 Å². The molecule has 0 unspecified atom stereocenters. The molecule has 0 aliphatic carbocycles. The summed E-state index contributed by atoms with van der Waals surface area (Å²) in [5.74, 6) is 0.0168. The van der Waals surface area contributed by atoms with Crippen LogP contribution in [-0.2, 0) is 17.8 Å². The van der Waals surface area contributed by atoms with Crippen LogP contribution in [0, 0.1) is 5.41 Å². The van der Waals surface area contributed by atoms with Gasteiger partial charge in [0, 0.05) is 26.2 Å². The average Bonchev–Trinajstić information content (AvgIpc) is 2.90. The zero-order valence-corrected chi connectivity index (χ0v) is 21.8. The first-order chi connectivity index (χ1) is 18.2. The maximum atomic E-state index is 13.1. The van der Waals surface area contributed by atoms with Gasteiger partial charge in [0.15, 0.2) is 11.5 Å². The van der Waals surface area contributed by atoms with Gasteiger partial charge in [-0.25, -0.2) is 4.98 Å². The van der Waals surface area contributed by atoms with E-state index in [1.807, 2.05) is 25.1 Å². The van der Waals surface area contributed by atoms with Crippen molar-refractivity contribution in [2.24, 2.45) is 0 Å². The molecule has 0 spiro atoms. The molecule has 0 aliphatic heterocycles. The first-order valence-electron chi connectivity index (χ1n) is 12.0. The van der Waals surface area contributed by atoms with Crippen LogP contribution in [-0.4, -0.2) is 51.7 Å². The van der Waals surface area contributed by atoms with Gasteiger partial charge in [0.2, 0.25) is 0 Å². The Kier molecular flexibility index (Phi) is 9.20. The number of rotatable bonds is 8. The van der Waals surface area contributed by atoms with E-state index >= 15 is 0 Å². The van der Waals surface area contributed by atoms with E-state index in [-0.39, 0.29) is 16.6 Å². The molecule has 38 heavy (non-hydrogen) atoms. The van der Waals surface area contributed by atoms with Crippen molar-refractivity contribution >= 4 is 28.6 Å². The summed E-state index contributed by atoms with van der Waals surface area (Å²) >= 11 is 0. The van der Waals surface area contributed by atoms with Crippen molar-refractivity contribution < 1.29 is 24.2 Å². The number of carboxylic acids is 1. The number of aliphatic carboxylic acids is 1. The van der Waals surface area contributed by atoms with Crippen molar-refractivity contribution in [1.82, 2.24) is 19.3 Å². The third kappa shape index (κ3) is 6.17. The lowest BCUT2D eigenvalue weighted by atomic mass is 10.1. The number of methoxy groups -OCH3 is 2. The summed E-state index contributed by atoms with van der Waals surface area (Å²) in [6, 6.07) is 12.4. The number of carboxylic acid groups (broad SMARTS) is 1. The second kappa shape index (κ2) is 12.5. The Morgan fingerprint density at radius 1 is 1.11 bits per heavy atom. The van der Waals surface area contributed by atoms with Crippen molar-refractivity contribution in [2.75, 3.05) is 20.8 Å². The number of pyridine rings is 2. The van der Waals surface area contributed by atoms with Gasteiger partial charge >= 0.3 is 0 Å². The number of benzene rings is 1. The molecule has 0 bridgehead atoms. The van der Waals surface area contributed by atoms with E-state index in [4.69, 9.17) is 24.8 Å². The molecule has 1 amide bonds. The van der Waals surface area contributed by atoms with Crippen molar-refractivity contribution in [2.45, 2.75) is 33.2 Å². The van der Waals surface area contributed by atoms with Crippen LogP contribution in [0.2, 0.25) is 0 Å². The number of carbonyl (C=O) groups is 2. The Morgan fingerprint density at radius 2 is 1.82 bits per heavy atom. The van der Waals surface area contributed by atoms with Crippen LogP contribution in [0.3, 0.4) is 0 Å². The minimum Gasteiger partial charge on any atom is -0.493 e. The molecule has 1 aromatic carbocycles. The van der Waals surface area contributed by atoms with E-state index in [1.165, 1.54) is 10.5 Å². The fourth-order valence-electron chi connectivity index (χ4n) is 3.95. The Hall–Kier alpha value is -4.67. The number of aryl methyl sites for hydroxylation is 1. The van der Waals surface area contributed by atoms with E-state index < -0.39 is 11.9 Å². The molecule has 4 aromatic rings. The Morgan fingerprint density at radius 3 is 2.47 bits per heavy atom. The number of ether oxygens (including phenoxy) is 2. The number of aromatic nitrogens is 3. The fourth-order valence-corrected chi connectivity index (χ4v) is 3.95. The topological polar surface area (TPSA) is 148 Å². The normalized spacial score (nSPS) is 10.5. The van der Waals surface area contributed by atoms with Gasteiger partial charge in [-0.05, 0) is 48.7 Å². The first-order valence-corrected chi connectivity index (χ1v) is 12.0. The highest BCUT2D eigenvalue weighted by Gasteiger charge is 2.17. The van der Waals surface area contributed by atoms with Gasteiger partial charge in [0.1, 0.15) is 16.8 Å². The molecule has 3 aromatic heterocycles. The zero-order valence-electron chi connectivity index (χ0n) is 21.8. The standard InChI is InChI=1S/C25H27N5O4.C2H4O2/c1-4-12-30-22(26)17(15-18-23(30)28-21-7-5-6-13-29(21)25(18)32)24(31)27-11-10-16-8-9-19(33-2)20(14-16)34-3;1-2(3)4/h5-9,13-15,26H,4,10-12H2,1-3H3,(H,27,31);1H3,(H,3,4). The van der Waals surface area contributed by atoms with Crippen LogP contribution in [0.1, 0.15) is 36.2 Å². The van der Waals surface area contributed by atoms with Gasteiger partial charge < -0.3 is 24.5 Å². The second-order valence-corrected chi connectivity index (χ2v) is 8.36. The molecular weight excluding hydrogens is 490 g/mol. The lowest BCUT2D eigenvalue weighted by Crippen LogP contribution is -2.35. The molecule has 4 rings (SSSR count). The highest BCUT2D eigenvalue weighted by atomic mass is 16.5. The lowest BCUT2D eigenvalue weighted by molar-refractivity contribution is -0.134. The van der Waals surface area contributed by atoms with E-state index in [1.54, 1.807) is 43.2 Å². The zero-order chi connectivity index (χ0) is 27.8. The van der Waals surface area contributed by atoms with Gasteiger partial charge in [-0.15, -0.1) is 0 Å². The molecule has 0 radical (unpaired) electrons. The van der Waals surface area contributed by atoms with E-state index in [2.05, 4.69) is 10.3 Å². The molecule has 0 fully saturated rings. The van der Waals surface area contributed by atoms with Crippen LogP contribution in [0.15, 0.2) is 53.5 Å². The first kappa shape index (κ1) is 27.9. The summed E-state index contributed by atoms with van der Waals surface area (Å²) in [6.07, 6.45) is 2.94. The summed E-state index contributed by atoms with van der Waals surface area (Å²) in [7, 11) is 3.15. The van der Waals surface area contributed by atoms with Gasteiger partial charge in [-0.2, -0.15) is 0 Å². The predicted octanol–water partition coefficient (Wildman–Crippen LogP) is 2.62. The Bertz CT molecular complexity index is 1590. The number of hydrogen-bond acceptors (Lipinski definition) is 7. The average molecular weight is 522 g/mol. The highest BCUT2D eigenvalue weighted by molar-refractivity contribution is 5.96. The maximum absolute atomic E-state index is 13.1. The van der Waals surface area contributed by atoms with Crippen molar-refractivity contribution in [1.29, 1.82) is 5.41 Å². The van der Waals surface area contributed by atoms with E-state index in [9.17, 15) is 9.59 Å². The van der Waals surface area contributed by atoms with Crippen LogP contribution in [0.25, 0.3) is 16.7 Å². The molecular formula is C27H31N5O6. The summed E-state index contributed by atoms with van der Waals surface area (Å²) in [5.41, 5.74) is 1.77. The number of hydrogen-bond donors (Lipinski definition) is 3. The van der Waals surface area contributed by atoms with Crippen LogP contribution in [0.4, 0.5) is 0 Å². The summed E-state index contributed by atoms with van der Waals surface area (Å²) in [4.78, 5) is 39.8. The van der Waals surface area contributed by atoms with Gasteiger partial charge in [0.25, 0.3) is 17.4 Å². The third-order valence-corrected chi connectivity index (χ3v) is 5.66. The number of fused-ring (bicyclic) bond motifs is 2. The van der Waals surface area contributed by atoms with E-state index in [0.29, 0.717) is 47.7 Å². The van der Waals surface area contributed by atoms with Crippen molar-refractivity contribution in [3.05, 3.63) is 75.6 Å². The highest BCUT2D eigenvalue weighted by Crippen LogP contribution is 2.27. The van der Waals surface area contributed by atoms with E-state index in [0.717, 1.165) is 18.9 Å². The largest absolute Gasteiger partial charge is 0.493 e. The number of carbonyl (C=O) groups excluding carboxylic acids is 1. The minimum atomic E-state index is -0.833. The van der Waals surface area contributed by atoms with Gasteiger partial charge in [-0.1, -0.05) is 19.1 Å². The minimum absolute atomic E-state index is 0.0325. The molecule has 0 saturated heterocycles. The monoisotopic (exact) mass is 521 g/mol. The molecule has 3 N–H and O–H groups in total. The maximum Gasteiger partial charge on any atom is 0.300 e. The smallest absolute Gasteiger partial charge is 0.300 e. The quantitative estimate of drug-likeness (QED) is 0.302. The van der Waals surface area contributed by atoms with Crippen molar-refractivity contribution in [3.63, 3.8) is 0 Å². The van der Waals surface area contributed by atoms with Gasteiger partial charge in [-0.3, -0.25) is 24.2 Å². The van der Waals surface area contributed by atoms with Crippen molar-refractivity contribution in [3.8, 4) is 11.5 Å². The Balaban J connectivity index is 0.000000934. The molecule has 3 heterocycles. The summed E-state index contributed by atoms with van der Waals surface area (Å²) < 4.78 is 13.7. The number of amides is 1. The van der Waals surface area contributed by atoms with Crippen LogP contribution >= 0.6 is 0 Å². The molecule has 11 heteroatoms. The molecule has 0 saturated carbocycles. The second-order valence-electron chi connectivity index (χ2n) is 8.36. The van der Waals surface area contributed by atoms with Gasteiger partial charge in [0.05, 0.1) is 25.2 Å². The summed E-state index contributed by atoms with van der Waals surface area (Å²) in [5, 5.41) is 19.3. The molecule has 0 aliphatic rings. The van der Waals surface area contributed by atoms with Crippen LogP contribution in [0.5, 0.6) is 11.5 Å². The Labute approximate surface area is 218 Å². The molecule has 11 nitrogen and oxygen atoms in total. The number of nitrogens with zero attached hydrogens (tertiary/aromatic N) is 3. The number of nitrogens with one attached hydrogen (secondary N) is 2. The fraction of sp³-hybridized carbons (Fsp3) is 0.296. The molecule has 0 atom stereocenters. The SMILES string of the molecule is CC(=O)O.CCCn1c(=N)c(C(=O)NCCc2ccc(OC)c(OC)c2)cc2c(=O)n3ccccc3nc21. The summed E-state index contributed by atoms with van der Waals surface area (Å²) in [6.45, 7) is 3.88. The predicted molar refractivity (Wildman–Crippen MR) is 142 cm³/mol. The lowest BCUT2D eigenvalue weighted by Gasteiger charge is -2.14. The third-order valence-electron chi connectivity index (χ3n) is 5.66.